The highest BCUT2D eigenvalue weighted by molar-refractivity contribution is 5.81. The first kappa shape index (κ1) is 17.0. The Morgan fingerprint density at radius 1 is 1.32 bits per heavy atom. The third kappa shape index (κ3) is 4.37. The van der Waals surface area contributed by atoms with Crippen molar-refractivity contribution in [2.24, 2.45) is 0 Å². The number of carbonyl (C=O) groups is 1. The molecule has 1 aliphatic heterocycles. The van der Waals surface area contributed by atoms with Crippen LogP contribution in [0.5, 0.6) is 5.75 Å². The van der Waals surface area contributed by atoms with Crippen LogP contribution in [-0.4, -0.2) is 49.4 Å². The van der Waals surface area contributed by atoms with Crippen LogP contribution in [-0.2, 0) is 11.2 Å². The molecule has 1 aliphatic rings. The van der Waals surface area contributed by atoms with E-state index < -0.39 is 6.10 Å². The highest BCUT2D eigenvalue weighted by Crippen LogP contribution is 2.26. The predicted molar refractivity (Wildman–Crippen MR) is 97.0 cm³/mol. The van der Waals surface area contributed by atoms with Gasteiger partial charge >= 0.3 is 0 Å². The number of hydrogen-bond donors (Lipinski definition) is 2. The number of benzene rings is 1. The Labute approximate surface area is 147 Å². The number of anilines is 2. The van der Waals surface area contributed by atoms with E-state index in [0.717, 1.165) is 23.4 Å². The number of amides is 1. The van der Waals surface area contributed by atoms with Crippen molar-refractivity contribution in [2.45, 2.75) is 18.9 Å². The maximum absolute atomic E-state index is 12.3. The maximum Gasteiger partial charge on any atom is 0.261 e. The maximum atomic E-state index is 12.3. The van der Waals surface area contributed by atoms with Crippen LogP contribution < -0.4 is 20.3 Å². The zero-order chi connectivity index (χ0) is 17.6. The fraction of sp³-hybridized carbons (Fsp3) is 0.389. The van der Waals surface area contributed by atoms with Crippen LogP contribution in [0.2, 0.25) is 0 Å². The second-order valence-electron chi connectivity index (χ2n) is 6.16. The molecule has 3 rings (SSSR count). The molecule has 1 aromatic carbocycles. The van der Waals surface area contributed by atoms with E-state index in [-0.39, 0.29) is 5.91 Å². The minimum atomic E-state index is -0.424. The van der Waals surface area contributed by atoms with Crippen molar-refractivity contribution in [3.63, 3.8) is 0 Å². The van der Waals surface area contributed by atoms with Gasteiger partial charge in [0.2, 0.25) is 0 Å². The molecule has 7 heteroatoms. The summed E-state index contributed by atoms with van der Waals surface area (Å²) in [5, 5.41) is 14.0. The van der Waals surface area contributed by atoms with Crippen LogP contribution >= 0.6 is 0 Å². The average molecular weight is 341 g/mol. The summed E-state index contributed by atoms with van der Waals surface area (Å²) in [7, 11) is 3.90. The molecule has 0 spiro atoms. The average Bonchev–Trinajstić information content (AvgIpc) is 2.65. The smallest absolute Gasteiger partial charge is 0.261 e. The second-order valence-corrected chi connectivity index (χ2v) is 6.16. The number of hydrogen-bond acceptors (Lipinski definition) is 6. The Kier molecular flexibility index (Phi) is 5.33. The normalized spacial score (nSPS) is 15.7. The van der Waals surface area contributed by atoms with Gasteiger partial charge in [0.05, 0.1) is 11.9 Å². The van der Waals surface area contributed by atoms with Crippen LogP contribution in [0.4, 0.5) is 11.5 Å². The molecule has 132 valence electrons. The van der Waals surface area contributed by atoms with Gasteiger partial charge in [-0.25, -0.2) is 0 Å². The first-order chi connectivity index (χ1) is 12.1. The molecule has 0 aliphatic carbocycles. The van der Waals surface area contributed by atoms with Crippen molar-refractivity contribution in [1.29, 1.82) is 0 Å². The monoisotopic (exact) mass is 341 g/mol. The van der Waals surface area contributed by atoms with E-state index >= 15 is 0 Å². The number of carbonyl (C=O) groups excluding carboxylic acids is 1. The van der Waals surface area contributed by atoms with Gasteiger partial charge in [0.25, 0.3) is 5.91 Å². The van der Waals surface area contributed by atoms with E-state index in [1.54, 1.807) is 6.20 Å². The zero-order valence-corrected chi connectivity index (χ0v) is 14.5. The van der Waals surface area contributed by atoms with Crippen LogP contribution in [0, 0.1) is 0 Å². The Hall–Kier alpha value is -2.83. The van der Waals surface area contributed by atoms with E-state index in [2.05, 4.69) is 20.8 Å². The lowest BCUT2D eigenvalue weighted by molar-refractivity contribution is -0.128. The largest absolute Gasteiger partial charge is 0.480 e. The summed E-state index contributed by atoms with van der Waals surface area (Å²) >= 11 is 0. The van der Waals surface area contributed by atoms with Crippen LogP contribution in [0.3, 0.4) is 0 Å². The number of aryl methyl sites for hydroxylation is 1. The summed E-state index contributed by atoms with van der Waals surface area (Å²) in [4.78, 5) is 14.2. The van der Waals surface area contributed by atoms with Crippen molar-refractivity contribution in [1.82, 2.24) is 15.5 Å². The quantitative estimate of drug-likeness (QED) is 0.775. The molecular weight excluding hydrogens is 318 g/mol. The molecule has 7 nitrogen and oxygen atoms in total. The molecule has 2 aromatic rings. The molecule has 2 N–H and O–H groups in total. The number of nitrogens with zero attached hydrogens (tertiary/aromatic N) is 3. The van der Waals surface area contributed by atoms with E-state index in [0.29, 0.717) is 25.3 Å². The lowest BCUT2D eigenvalue weighted by atomic mass is 10.0. The first-order valence-corrected chi connectivity index (χ1v) is 8.39. The second kappa shape index (κ2) is 7.83. The van der Waals surface area contributed by atoms with Crippen molar-refractivity contribution in [3.8, 4) is 5.75 Å². The Bertz CT molecular complexity index is 735. The number of ether oxygens (including phenoxy) is 1. The van der Waals surface area contributed by atoms with Gasteiger partial charge in [0.1, 0.15) is 5.75 Å². The third-order valence-electron chi connectivity index (χ3n) is 4.10. The first-order valence-electron chi connectivity index (χ1n) is 8.39. The van der Waals surface area contributed by atoms with E-state index in [9.17, 15) is 4.79 Å². The van der Waals surface area contributed by atoms with Gasteiger partial charge < -0.3 is 20.3 Å². The molecule has 25 heavy (non-hydrogen) atoms. The summed E-state index contributed by atoms with van der Waals surface area (Å²) in [5.74, 6) is 1.41. The highest BCUT2D eigenvalue weighted by atomic mass is 16.5. The fourth-order valence-electron chi connectivity index (χ4n) is 2.69. The van der Waals surface area contributed by atoms with Gasteiger partial charge in [-0.05, 0) is 24.5 Å². The molecular formula is C18H23N5O2. The summed E-state index contributed by atoms with van der Waals surface area (Å²) in [6, 6.07) is 9.77. The molecule has 1 unspecified atom stereocenters. The van der Waals surface area contributed by atoms with Crippen molar-refractivity contribution in [2.75, 3.05) is 37.4 Å². The van der Waals surface area contributed by atoms with Gasteiger partial charge in [0.15, 0.2) is 11.9 Å². The van der Waals surface area contributed by atoms with Gasteiger partial charge in [-0.2, -0.15) is 5.10 Å². The SMILES string of the molecule is CN(C)c1cnnc(NCCNC(=O)C2CCc3ccccc3O2)c1. The third-order valence-corrected chi connectivity index (χ3v) is 4.10. The lowest BCUT2D eigenvalue weighted by Gasteiger charge is -2.25. The van der Waals surface area contributed by atoms with Gasteiger partial charge in [0, 0.05) is 33.3 Å². The van der Waals surface area contributed by atoms with Crippen molar-refractivity contribution in [3.05, 3.63) is 42.1 Å². The van der Waals surface area contributed by atoms with Gasteiger partial charge in [-0.1, -0.05) is 18.2 Å². The van der Waals surface area contributed by atoms with E-state index in [4.69, 9.17) is 4.74 Å². The Balaban J connectivity index is 1.44. The molecule has 0 radical (unpaired) electrons. The number of para-hydroxylation sites is 1. The van der Waals surface area contributed by atoms with E-state index in [1.807, 2.05) is 49.3 Å². The fourth-order valence-corrected chi connectivity index (χ4v) is 2.69. The molecule has 1 aromatic heterocycles. The van der Waals surface area contributed by atoms with Crippen molar-refractivity contribution >= 4 is 17.4 Å². The standard InChI is InChI=1S/C18H23N5O2/c1-23(2)14-11-17(22-21-12-14)19-9-10-20-18(24)16-8-7-13-5-3-4-6-15(13)25-16/h3-6,11-12,16H,7-10H2,1-2H3,(H,19,22)(H,20,24). The highest BCUT2D eigenvalue weighted by Gasteiger charge is 2.25. The van der Waals surface area contributed by atoms with Crippen LogP contribution in [0.1, 0.15) is 12.0 Å². The molecule has 2 heterocycles. The summed E-state index contributed by atoms with van der Waals surface area (Å²) in [5.41, 5.74) is 2.13. The number of fused-ring (bicyclic) bond motifs is 1. The zero-order valence-electron chi connectivity index (χ0n) is 14.5. The molecule has 1 atom stereocenters. The summed E-state index contributed by atoms with van der Waals surface area (Å²) in [6.45, 7) is 1.06. The topological polar surface area (TPSA) is 79.4 Å². The Morgan fingerprint density at radius 2 is 2.16 bits per heavy atom. The van der Waals surface area contributed by atoms with Gasteiger partial charge in [-0.15, -0.1) is 5.10 Å². The summed E-state index contributed by atoms with van der Waals surface area (Å²) in [6.07, 6.45) is 2.84. The number of rotatable bonds is 6. The minimum Gasteiger partial charge on any atom is -0.480 e. The predicted octanol–water partition coefficient (Wildman–Crippen LogP) is 1.46. The number of aromatic nitrogens is 2. The lowest BCUT2D eigenvalue weighted by Crippen LogP contribution is -2.42. The number of nitrogens with one attached hydrogen (secondary N) is 2. The van der Waals surface area contributed by atoms with Crippen LogP contribution in [0.25, 0.3) is 0 Å². The molecule has 0 saturated heterocycles. The molecule has 0 bridgehead atoms. The Morgan fingerprint density at radius 3 is 3.00 bits per heavy atom. The molecule has 0 fully saturated rings. The summed E-state index contributed by atoms with van der Waals surface area (Å²) < 4.78 is 5.79. The molecule has 1 amide bonds. The van der Waals surface area contributed by atoms with Crippen molar-refractivity contribution < 1.29 is 9.53 Å². The molecule has 0 saturated carbocycles. The van der Waals surface area contributed by atoms with Crippen LogP contribution in [0.15, 0.2) is 36.5 Å². The van der Waals surface area contributed by atoms with Gasteiger partial charge in [-0.3, -0.25) is 4.79 Å². The minimum absolute atomic E-state index is 0.0792. The van der Waals surface area contributed by atoms with E-state index in [1.165, 1.54) is 0 Å².